The lowest BCUT2D eigenvalue weighted by Gasteiger charge is -2.02. The molecule has 5 heteroatoms. The second-order valence-corrected chi connectivity index (χ2v) is 2.13. The average molecular weight is 187 g/mol. The first-order valence-electron chi connectivity index (χ1n) is 3.27. The lowest BCUT2D eigenvalue weighted by molar-refractivity contribution is 0.183. The number of benzene rings is 1. The van der Waals surface area contributed by atoms with Gasteiger partial charge in [0, 0.05) is 6.07 Å². The second-order valence-electron chi connectivity index (χ2n) is 2.13. The largest absolute Gasteiger partial charge is 0.460 e. The molecule has 0 bridgehead atoms. The van der Waals surface area contributed by atoms with Crippen LogP contribution in [0.2, 0.25) is 0 Å². The summed E-state index contributed by atoms with van der Waals surface area (Å²) in [7, 11) is 0. The normalized spacial score (nSPS) is 9.38. The first-order chi connectivity index (χ1) is 6.19. The van der Waals surface area contributed by atoms with E-state index < -0.39 is 29.8 Å². The molecule has 0 aliphatic rings. The van der Waals surface area contributed by atoms with Gasteiger partial charge in [-0.15, -0.1) is 0 Å². The number of nitrogens with zero attached hydrogens (tertiary/aromatic N) is 1. The van der Waals surface area contributed by atoms with Crippen LogP contribution in [0.3, 0.4) is 0 Å². The van der Waals surface area contributed by atoms with E-state index >= 15 is 0 Å². The van der Waals surface area contributed by atoms with Gasteiger partial charge in [-0.3, -0.25) is 0 Å². The molecule has 68 valence electrons. The lowest BCUT2D eigenvalue weighted by Crippen LogP contribution is -1.96. The third-order valence-corrected chi connectivity index (χ3v) is 1.35. The van der Waals surface area contributed by atoms with Crippen LogP contribution in [0.1, 0.15) is 5.56 Å². The maximum absolute atomic E-state index is 12.8. The van der Waals surface area contributed by atoms with Gasteiger partial charge in [0.2, 0.25) is 6.86 Å². The Bertz CT molecular complexity index is 359. The molecule has 1 aromatic carbocycles. The molecule has 0 atom stereocenters. The van der Waals surface area contributed by atoms with Gasteiger partial charge in [0.25, 0.3) is 0 Å². The summed E-state index contributed by atoms with van der Waals surface area (Å²) in [6.07, 6.45) is 0. The molecule has 13 heavy (non-hydrogen) atoms. The molecule has 0 aromatic heterocycles. The van der Waals surface area contributed by atoms with E-state index in [9.17, 15) is 13.2 Å². The zero-order valence-electron chi connectivity index (χ0n) is 6.35. The maximum atomic E-state index is 12.8. The minimum Gasteiger partial charge on any atom is -0.460 e. The molecule has 0 saturated heterocycles. The zero-order chi connectivity index (χ0) is 9.84. The van der Waals surface area contributed by atoms with Crippen molar-refractivity contribution in [2.24, 2.45) is 0 Å². The molecule has 0 spiro atoms. The summed E-state index contributed by atoms with van der Waals surface area (Å²) in [5.41, 5.74) is -0.441. The Morgan fingerprint density at radius 3 is 2.54 bits per heavy atom. The third kappa shape index (κ3) is 1.90. The quantitative estimate of drug-likeness (QED) is 0.710. The second kappa shape index (κ2) is 3.81. The minimum atomic E-state index is -1.25. The number of alkyl halides is 1. The van der Waals surface area contributed by atoms with E-state index in [1.165, 1.54) is 6.07 Å². The van der Waals surface area contributed by atoms with Crippen molar-refractivity contribution in [3.63, 3.8) is 0 Å². The summed E-state index contributed by atoms with van der Waals surface area (Å²) in [4.78, 5) is 0. The summed E-state index contributed by atoms with van der Waals surface area (Å²) in [5.74, 6) is -2.44. The van der Waals surface area contributed by atoms with Crippen molar-refractivity contribution >= 4 is 0 Å². The molecule has 1 rings (SSSR count). The van der Waals surface area contributed by atoms with E-state index in [0.29, 0.717) is 12.1 Å². The van der Waals surface area contributed by atoms with Crippen LogP contribution in [0.25, 0.3) is 0 Å². The summed E-state index contributed by atoms with van der Waals surface area (Å²) in [5, 5.41) is 8.29. The van der Waals surface area contributed by atoms with E-state index in [0.717, 1.165) is 0 Å². The fourth-order valence-electron chi connectivity index (χ4n) is 0.784. The van der Waals surface area contributed by atoms with Gasteiger partial charge in [0.05, 0.1) is 5.56 Å². The van der Waals surface area contributed by atoms with Crippen molar-refractivity contribution < 1.29 is 17.9 Å². The summed E-state index contributed by atoms with van der Waals surface area (Å²) in [6.45, 7) is -1.25. The first-order valence-corrected chi connectivity index (χ1v) is 3.27. The number of hydrogen-bond acceptors (Lipinski definition) is 2. The highest BCUT2D eigenvalue weighted by atomic mass is 19.1. The highest BCUT2D eigenvalue weighted by Gasteiger charge is 2.10. The van der Waals surface area contributed by atoms with Gasteiger partial charge in [0.1, 0.15) is 11.9 Å². The standard InChI is InChI=1S/C8H4F3NO/c9-4-13-8-2-6(10)5(3-12)1-7(8)11/h1-2H,4H2. The van der Waals surface area contributed by atoms with Crippen LogP contribution in [-0.2, 0) is 0 Å². The topological polar surface area (TPSA) is 33.0 Å². The number of ether oxygens (including phenoxy) is 1. The van der Waals surface area contributed by atoms with Crippen molar-refractivity contribution in [2.45, 2.75) is 0 Å². The van der Waals surface area contributed by atoms with Gasteiger partial charge in [-0.25, -0.2) is 13.2 Å². The molecule has 0 radical (unpaired) electrons. The predicted molar refractivity (Wildman–Crippen MR) is 37.7 cm³/mol. The SMILES string of the molecule is N#Cc1cc(F)c(OCF)cc1F. The Morgan fingerprint density at radius 1 is 1.31 bits per heavy atom. The number of hydrogen-bond donors (Lipinski definition) is 0. The summed E-state index contributed by atoms with van der Waals surface area (Å²) < 4.78 is 41.3. The Balaban J connectivity index is 3.14. The molecular weight excluding hydrogens is 183 g/mol. The molecule has 0 aliphatic carbocycles. The first kappa shape index (κ1) is 9.39. The molecule has 0 aliphatic heterocycles. The van der Waals surface area contributed by atoms with Gasteiger partial charge in [-0.1, -0.05) is 0 Å². The van der Waals surface area contributed by atoms with Crippen LogP contribution in [0.5, 0.6) is 5.75 Å². The molecular formula is C8H4F3NO. The van der Waals surface area contributed by atoms with Gasteiger partial charge >= 0.3 is 0 Å². The fraction of sp³-hybridized carbons (Fsp3) is 0.125. The molecule has 1 aromatic rings. The van der Waals surface area contributed by atoms with Crippen molar-refractivity contribution in [1.82, 2.24) is 0 Å². The number of rotatable bonds is 2. The third-order valence-electron chi connectivity index (χ3n) is 1.35. The molecule has 0 amide bonds. The molecule has 0 saturated carbocycles. The van der Waals surface area contributed by atoms with Crippen LogP contribution in [-0.4, -0.2) is 6.86 Å². The maximum Gasteiger partial charge on any atom is 0.228 e. The van der Waals surface area contributed by atoms with Crippen LogP contribution in [0.4, 0.5) is 13.2 Å². The molecule has 0 fully saturated rings. The molecule has 0 unspecified atom stereocenters. The Kier molecular flexibility index (Phi) is 2.75. The average Bonchev–Trinajstić information content (AvgIpc) is 2.11. The summed E-state index contributed by atoms with van der Waals surface area (Å²) in [6, 6.07) is 2.73. The smallest absolute Gasteiger partial charge is 0.228 e. The van der Waals surface area contributed by atoms with Crippen molar-refractivity contribution in [3.8, 4) is 11.8 Å². The van der Waals surface area contributed by atoms with Crippen LogP contribution in [0, 0.1) is 23.0 Å². The van der Waals surface area contributed by atoms with Crippen molar-refractivity contribution in [1.29, 1.82) is 5.26 Å². The van der Waals surface area contributed by atoms with E-state index in [2.05, 4.69) is 4.74 Å². The van der Waals surface area contributed by atoms with Gasteiger partial charge in [-0.05, 0) is 6.07 Å². The molecule has 0 N–H and O–H groups in total. The zero-order valence-corrected chi connectivity index (χ0v) is 6.35. The summed E-state index contributed by atoms with van der Waals surface area (Å²) >= 11 is 0. The van der Waals surface area contributed by atoms with Crippen LogP contribution >= 0.6 is 0 Å². The van der Waals surface area contributed by atoms with E-state index in [4.69, 9.17) is 5.26 Å². The minimum absolute atomic E-state index is 0.441. The van der Waals surface area contributed by atoms with Crippen LogP contribution in [0.15, 0.2) is 12.1 Å². The van der Waals surface area contributed by atoms with Gasteiger partial charge in [-0.2, -0.15) is 5.26 Å². The number of halogens is 3. The Labute approximate surface area is 72.2 Å². The van der Waals surface area contributed by atoms with Gasteiger partial charge in [0.15, 0.2) is 11.6 Å². The molecule has 0 heterocycles. The van der Waals surface area contributed by atoms with Crippen LogP contribution < -0.4 is 4.74 Å². The predicted octanol–water partition coefficient (Wildman–Crippen LogP) is 2.14. The monoisotopic (exact) mass is 187 g/mol. The van der Waals surface area contributed by atoms with E-state index in [-0.39, 0.29) is 0 Å². The molecule has 2 nitrogen and oxygen atoms in total. The fourth-order valence-corrected chi connectivity index (χ4v) is 0.784. The Morgan fingerprint density at radius 2 is 2.00 bits per heavy atom. The van der Waals surface area contributed by atoms with Crippen molar-refractivity contribution in [3.05, 3.63) is 29.3 Å². The van der Waals surface area contributed by atoms with E-state index in [1.54, 1.807) is 0 Å². The van der Waals surface area contributed by atoms with Crippen molar-refractivity contribution in [2.75, 3.05) is 6.86 Å². The highest BCUT2D eigenvalue weighted by molar-refractivity contribution is 5.37. The number of nitriles is 1. The van der Waals surface area contributed by atoms with E-state index in [1.807, 2.05) is 0 Å². The lowest BCUT2D eigenvalue weighted by atomic mass is 10.2. The van der Waals surface area contributed by atoms with Gasteiger partial charge < -0.3 is 4.74 Å². The Hall–Kier alpha value is -1.70. The highest BCUT2D eigenvalue weighted by Crippen LogP contribution is 2.20.